The van der Waals surface area contributed by atoms with Crippen molar-refractivity contribution in [1.29, 1.82) is 0 Å². The Hall–Kier alpha value is -0.980. The third kappa shape index (κ3) is 4.49. The second kappa shape index (κ2) is 6.42. The Bertz CT molecular complexity index is 602. The first-order chi connectivity index (χ1) is 9.79. The van der Waals surface area contributed by atoms with Crippen LogP contribution in [0.3, 0.4) is 0 Å². The minimum atomic E-state index is -3.56. The zero-order valence-electron chi connectivity index (χ0n) is 12.7. The molecule has 118 valence electrons. The molecule has 1 fully saturated rings. The molecule has 1 aliphatic carbocycles. The van der Waals surface area contributed by atoms with Gasteiger partial charge in [-0.1, -0.05) is 20.8 Å². The van der Waals surface area contributed by atoms with E-state index in [2.05, 4.69) is 17.0 Å². The molecule has 2 atom stereocenters. The fourth-order valence-corrected chi connectivity index (χ4v) is 3.30. The van der Waals surface area contributed by atoms with Crippen molar-refractivity contribution in [2.75, 3.05) is 6.54 Å². The van der Waals surface area contributed by atoms with E-state index in [9.17, 15) is 12.8 Å². The van der Waals surface area contributed by atoms with Crippen molar-refractivity contribution in [3.05, 3.63) is 29.6 Å². The van der Waals surface area contributed by atoms with E-state index < -0.39 is 15.8 Å². The Morgan fingerprint density at radius 3 is 2.62 bits per heavy atom. The molecule has 2 N–H and O–H groups in total. The quantitative estimate of drug-likeness (QED) is 0.811. The van der Waals surface area contributed by atoms with E-state index in [4.69, 9.17) is 0 Å². The van der Waals surface area contributed by atoms with Gasteiger partial charge in [0.1, 0.15) is 5.82 Å². The van der Waals surface area contributed by atoms with Crippen LogP contribution in [0.5, 0.6) is 0 Å². The summed E-state index contributed by atoms with van der Waals surface area (Å²) in [6.45, 7) is 6.78. The Morgan fingerprint density at radius 2 is 2.05 bits per heavy atom. The highest BCUT2D eigenvalue weighted by Gasteiger charge is 2.33. The van der Waals surface area contributed by atoms with Crippen molar-refractivity contribution in [2.45, 2.75) is 44.7 Å². The first-order valence-corrected chi connectivity index (χ1v) is 8.79. The number of halogens is 1. The molecule has 0 saturated heterocycles. The van der Waals surface area contributed by atoms with Crippen LogP contribution in [0.2, 0.25) is 0 Å². The second-order valence-electron chi connectivity index (χ2n) is 6.11. The third-order valence-electron chi connectivity index (χ3n) is 3.84. The lowest BCUT2D eigenvalue weighted by atomic mass is 10.2. The second-order valence-corrected chi connectivity index (χ2v) is 7.88. The zero-order valence-corrected chi connectivity index (χ0v) is 13.5. The highest BCUT2D eigenvalue weighted by Crippen LogP contribution is 2.37. The summed E-state index contributed by atoms with van der Waals surface area (Å²) in [6.07, 6.45) is 1.06. The maximum Gasteiger partial charge on any atom is 0.240 e. The molecule has 2 unspecified atom stereocenters. The number of rotatable bonds is 7. The summed E-state index contributed by atoms with van der Waals surface area (Å²) in [7, 11) is -3.56. The maximum atomic E-state index is 13.7. The predicted molar refractivity (Wildman–Crippen MR) is 80.8 cm³/mol. The standard InChI is InChI=1S/C15H23FN2O2S/c1-10(2)17-8-13-7-14(4-5-15(13)16)21(19,20)18-9-12-6-11(12)3/h4-5,7,10-12,17-18H,6,8-9H2,1-3H3. The molecule has 1 saturated carbocycles. The van der Waals surface area contributed by atoms with E-state index in [0.29, 0.717) is 30.5 Å². The molecule has 0 heterocycles. The highest BCUT2D eigenvalue weighted by molar-refractivity contribution is 7.89. The molecule has 2 rings (SSSR count). The molecule has 0 aliphatic heterocycles. The van der Waals surface area contributed by atoms with E-state index in [-0.39, 0.29) is 10.9 Å². The van der Waals surface area contributed by atoms with E-state index in [1.807, 2.05) is 13.8 Å². The van der Waals surface area contributed by atoms with Crippen LogP contribution in [0.25, 0.3) is 0 Å². The van der Waals surface area contributed by atoms with Crippen LogP contribution >= 0.6 is 0 Å². The molecule has 1 aliphatic rings. The molecule has 0 bridgehead atoms. The SMILES string of the molecule is CC(C)NCc1cc(S(=O)(=O)NCC2CC2C)ccc1F. The summed E-state index contributed by atoms with van der Waals surface area (Å²) in [4.78, 5) is 0.123. The van der Waals surface area contributed by atoms with E-state index in [0.717, 1.165) is 6.42 Å². The average molecular weight is 314 g/mol. The van der Waals surface area contributed by atoms with Crippen LogP contribution in [0.4, 0.5) is 4.39 Å². The molecular formula is C15H23FN2O2S. The minimum Gasteiger partial charge on any atom is -0.310 e. The first kappa shape index (κ1) is 16.4. The summed E-state index contributed by atoms with van der Waals surface area (Å²) in [6, 6.07) is 4.14. The largest absolute Gasteiger partial charge is 0.310 e. The predicted octanol–water partition coefficient (Wildman–Crippen LogP) is 2.26. The Morgan fingerprint density at radius 1 is 1.38 bits per heavy atom. The molecule has 4 nitrogen and oxygen atoms in total. The Balaban J connectivity index is 2.09. The van der Waals surface area contributed by atoms with Crippen molar-refractivity contribution >= 4 is 10.0 Å². The number of sulfonamides is 1. The van der Waals surface area contributed by atoms with Crippen molar-refractivity contribution in [3.63, 3.8) is 0 Å². The summed E-state index contributed by atoms with van der Waals surface area (Å²) in [5.74, 6) is 0.631. The number of hydrogen-bond acceptors (Lipinski definition) is 3. The highest BCUT2D eigenvalue weighted by atomic mass is 32.2. The monoisotopic (exact) mass is 314 g/mol. The van der Waals surface area contributed by atoms with Crippen LogP contribution in [-0.4, -0.2) is 21.0 Å². The molecule has 0 radical (unpaired) electrons. The minimum absolute atomic E-state index is 0.123. The van der Waals surface area contributed by atoms with Gasteiger partial charge < -0.3 is 5.32 Å². The van der Waals surface area contributed by atoms with Gasteiger partial charge in [-0.2, -0.15) is 0 Å². The molecule has 1 aromatic rings. The van der Waals surface area contributed by atoms with Gasteiger partial charge in [0.2, 0.25) is 10.0 Å². The average Bonchev–Trinajstić information content (AvgIpc) is 3.11. The lowest BCUT2D eigenvalue weighted by Crippen LogP contribution is -2.27. The van der Waals surface area contributed by atoms with E-state index in [1.165, 1.54) is 18.2 Å². The summed E-state index contributed by atoms with van der Waals surface area (Å²) < 4.78 is 40.8. The molecule has 21 heavy (non-hydrogen) atoms. The van der Waals surface area contributed by atoms with Gasteiger partial charge in [-0.15, -0.1) is 0 Å². The van der Waals surface area contributed by atoms with Crippen LogP contribution in [0.1, 0.15) is 32.8 Å². The molecule has 6 heteroatoms. The molecule has 0 spiro atoms. The van der Waals surface area contributed by atoms with Crippen molar-refractivity contribution in [3.8, 4) is 0 Å². The Labute approximate surface area is 126 Å². The van der Waals surface area contributed by atoms with Crippen LogP contribution < -0.4 is 10.0 Å². The molecule has 0 amide bonds. The van der Waals surface area contributed by atoms with Crippen LogP contribution in [-0.2, 0) is 16.6 Å². The zero-order chi connectivity index (χ0) is 15.6. The van der Waals surface area contributed by atoms with Gasteiger partial charge in [0.05, 0.1) is 4.90 Å². The van der Waals surface area contributed by atoms with Crippen molar-refractivity contribution in [2.24, 2.45) is 11.8 Å². The fourth-order valence-electron chi connectivity index (χ4n) is 2.15. The lowest BCUT2D eigenvalue weighted by Gasteiger charge is -2.11. The van der Waals surface area contributed by atoms with Gasteiger partial charge in [0.15, 0.2) is 0 Å². The summed E-state index contributed by atoms with van der Waals surface area (Å²) >= 11 is 0. The smallest absolute Gasteiger partial charge is 0.240 e. The summed E-state index contributed by atoms with van der Waals surface area (Å²) in [5.41, 5.74) is 0.367. The summed E-state index contributed by atoms with van der Waals surface area (Å²) in [5, 5.41) is 3.09. The molecule has 0 aromatic heterocycles. The van der Waals surface area contributed by atoms with Gasteiger partial charge in [-0.05, 0) is 36.5 Å². The van der Waals surface area contributed by atoms with E-state index >= 15 is 0 Å². The van der Waals surface area contributed by atoms with Gasteiger partial charge in [0, 0.05) is 24.7 Å². The van der Waals surface area contributed by atoms with Crippen molar-refractivity contribution < 1.29 is 12.8 Å². The van der Waals surface area contributed by atoms with Gasteiger partial charge in [0.25, 0.3) is 0 Å². The van der Waals surface area contributed by atoms with Crippen LogP contribution in [0.15, 0.2) is 23.1 Å². The first-order valence-electron chi connectivity index (χ1n) is 7.31. The maximum absolute atomic E-state index is 13.7. The van der Waals surface area contributed by atoms with E-state index in [1.54, 1.807) is 0 Å². The number of hydrogen-bond donors (Lipinski definition) is 2. The van der Waals surface area contributed by atoms with Crippen molar-refractivity contribution in [1.82, 2.24) is 10.0 Å². The topological polar surface area (TPSA) is 58.2 Å². The fraction of sp³-hybridized carbons (Fsp3) is 0.600. The normalized spacial score (nSPS) is 21.8. The number of nitrogens with one attached hydrogen (secondary N) is 2. The van der Waals surface area contributed by atoms with Gasteiger partial charge in [-0.25, -0.2) is 17.5 Å². The Kier molecular flexibility index (Phi) is 5.01. The third-order valence-corrected chi connectivity index (χ3v) is 5.26. The molecule has 1 aromatic carbocycles. The number of benzene rings is 1. The van der Waals surface area contributed by atoms with Gasteiger partial charge >= 0.3 is 0 Å². The van der Waals surface area contributed by atoms with Crippen LogP contribution in [0, 0.1) is 17.7 Å². The van der Waals surface area contributed by atoms with Gasteiger partial charge in [-0.3, -0.25) is 0 Å². The lowest BCUT2D eigenvalue weighted by molar-refractivity contribution is 0.549. The molecular weight excluding hydrogens is 291 g/mol.